The van der Waals surface area contributed by atoms with Crippen LogP contribution in [0.25, 0.3) is 0 Å². The molecule has 0 aliphatic carbocycles. The molecule has 1 aromatic rings. The number of hydrogen-bond donors (Lipinski definition) is 1. The molecule has 1 aliphatic heterocycles. The molecular formula is C17H25FN2O2. The van der Waals surface area contributed by atoms with Crippen molar-refractivity contribution in [2.45, 2.75) is 51.6 Å². The summed E-state index contributed by atoms with van der Waals surface area (Å²) >= 11 is 0. The van der Waals surface area contributed by atoms with Gasteiger partial charge in [-0.2, -0.15) is 0 Å². The van der Waals surface area contributed by atoms with Crippen LogP contribution in [-0.2, 0) is 4.74 Å². The van der Waals surface area contributed by atoms with Crippen molar-refractivity contribution in [3.8, 4) is 0 Å². The first-order valence-corrected chi connectivity index (χ1v) is 7.79. The third kappa shape index (κ3) is 4.36. The van der Waals surface area contributed by atoms with Crippen LogP contribution in [0.4, 0.5) is 14.9 Å². The Morgan fingerprint density at radius 2 is 2.05 bits per heavy atom. The molecule has 122 valence electrons. The maximum atomic E-state index is 14.1. The number of halogens is 1. The first-order valence-electron chi connectivity index (χ1n) is 7.79. The summed E-state index contributed by atoms with van der Waals surface area (Å²) in [6.45, 7) is 6.81. The highest BCUT2D eigenvalue weighted by Gasteiger charge is 2.26. The van der Waals surface area contributed by atoms with E-state index in [0.717, 1.165) is 19.3 Å². The van der Waals surface area contributed by atoms with Crippen LogP contribution >= 0.6 is 0 Å². The largest absolute Gasteiger partial charge is 0.444 e. The van der Waals surface area contributed by atoms with Crippen molar-refractivity contribution >= 4 is 11.8 Å². The van der Waals surface area contributed by atoms with Gasteiger partial charge >= 0.3 is 6.09 Å². The maximum Gasteiger partial charge on any atom is 0.410 e. The number of hydrogen-bond acceptors (Lipinski definition) is 3. The van der Waals surface area contributed by atoms with E-state index in [-0.39, 0.29) is 17.8 Å². The van der Waals surface area contributed by atoms with E-state index in [2.05, 4.69) is 0 Å². The Labute approximate surface area is 131 Å². The fourth-order valence-corrected chi connectivity index (χ4v) is 2.79. The van der Waals surface area contributed by atoms with Gasteiger partial charge in [0.05, 0.1) is 0 Å². The molecule has 0 saturated carbocycles. The smallest absolute Gasteiger partial charge is 0.410 e. The molecule has 0 aromatic heterocycles. The molecule has 1 saturated heterocycles. The van der Waals surface area contributed by atoms with Crippen molar-refractivity contribution in [1.29, 1.82) is 0 Å². The van der Waals surface area contributed by atoms with Gasteiger partial charge in [-0.3, -0.25) is 0 Å². The van der Waals surface area contributed by atoms with Crippen LogP contribution in [0.5, 0.6) is 0 Å². The third-order valence-electron chi connectivity index (χ3n) is 3.84. The summed E-state index contributed by atoms with van der Waals surface area (Å²) in [6, 6.07) is 4.86. The molecule has 1 fully saturated rings. The molecule has 1 atom stereocenters. The monoisotopic (exact) mass is 308 g/mol. The lowest BCUT2D eigenvalue weighted by atomic mass is 9.91. The molecule has 4 nitrogen and oxygen atoms in total. The highest BCUT2D eigenvalue weighted by atomic mass is 19.1. The minimum absolute atomic E-state index is 0.119. The predicted octanol–water partition coefficient (Wildman–Crippen LogP) is 3.91. The van der Waals surface area contributed by atoms with Gasteiger partial charge < -0.3 is 15.4 Å². The lowest BCUT2D eigenvalue weighted by Gasteiger charge is -2.26. The summed E-state index contributed by atoms with van der Waals surface area (Å²) in [7, 11) is 0. The van der Waals surface area contributed by atoms with Crippen LogP contribution in [0.3, 0.4) is 0 Å². The first-order chi connectivity index (χ1) is 10.3. The van der Waals surface area contributed by atoms with Crippen molar-refractivity contribution in [3.63, 3.8) is 0 Å². The molecule has 22 heavy (non-hydrogen) atoms. The number of nitrogen functional groups attached to an aromatic ring is 1. The number of ether oxygens (including phenoxy) is 1. The average Bonchev–Trinajstić information content (AvgIpc) is 2.62. The second-order valence-electron chi connectivity index (χ2n) is 6.88. The van der Waals surface area contributed by atoms with Gasteiger partial charge in [0.2, 0.25) is 0 Å². The normalized spacial score (nSPS) is 19.6. The number of likely N-dealkylation sites (tertiary alicyclic amines) is 1. The van der Waals surface area contributed by atoms with Crippen LogP contribution in [0, 0.1) is 5.82 Å². The molecule has 1 unspecified atom stereocenters. The quantitative estimate of drug-likeness (QED) is 0.800. The summed E-state index contributed by atoms with van der Waals surface area (Å²) in [5.74, 6) is -0.135. The number of nitrogens with two attached hydrogens (primary N) is 1. The first kappa shape index (κ1) is 16.6. The zero-order valence-corrected chi connectivity index (χ0v) is 13.6. The lowest BCUT2D eigenvalue weighted by Crippen LogP contribution is -2.37. The van der Waals surface area contributed by atoms with Gasteiger partial charge in [-0.25, -0.2) is 9.18 Å². The van der Waals surface area contributed by atoms with E-state index in [4.69, 9.17) is 10.5 Å². The van der Waals surface area contributed by atoms with E-state index in [9.17, 15) is 9.18 Å². The standard InChI is InChI=1S/C17H25FN2O2/c1-17(2,3)22-16(21)20-9-4-5-12(8-10-20)14-7-6-13(19)11-15(14)18/h6-7,11-12H,4-5,8-10,19H2,1-3H3. The second-order valence-corrected chi connectivity index (χ2v) is 6.88. The second kappa shape index (κ2) is 6.55. The van der Waals surface area contributed by atoms with Crippen LogP contribution in [0.2, 0.25) is 0 Å². The molecule has 2 N–H and O–H groups in total. The van der Waals surface area contributed by atoms with Gasteiger partial charge in [0.25, 0.3) is 0 Å². The van der Waals surface area contributed by atoms with Gasteiger partial charge in [0.1, 0.15) is 11.4 Å². The molecule has 0 spiro atoms. The molecular weight excluding hydrogens is 283 g/mol. The minimum Gasteiger partial charge on any atom is -0.444 e. The lowest BCUT2D eigenvalue weighted by molar-refractivity contribution is 0.0256. The van der Waals surface area contributed by atoms with Crippen LogP contribution < -0.4 is 5.73 Å². The van der Waals surface area contributed by atoms with Crippen molar-refractivity contribution < 1.29 is 13.9 Å². The molecule has 0 bridgehead atoms. The SMILES string of the molecule is CC(C)(C)OC(=O)N1CCCC(c2ccc(N)cc2F)CC1. The van der Waals surface area contributed by atoms with E-state index in [1.807, 2.05) is 20.8 Å². The van der Waals surface area contributed by atoms with E-state index in [1.54, 1.807) is 17.0 Å². The molecule has 2 rings (SSSR count). The Kier molecular flexibility index (Phi) is 4.94. The van der Waals surface area contributed by atoms with E-state index in [0.29, 0.717) is 24.3 Å². The highest BCUT2D eigenvalue weighted by molar-refractivity contribution is 5.68. The average molecular weight is 308 g/mol. The van der Waals surface area contributed by atoms with Gasteiger partial charge in [0.15, 0.2) is 0 Å². The molecule has 0 radical (unpaired) electrons. The number of anilines is 1. The zero-order valence-electron chi connectivity index (χ0n) is 13.6. The van der Waals surface area contributed by atoms with Crippen LogP contribution in [0.1, 0.15) is 51.5 Å². The number of amides is 1. The molecule has 5 heteroatoms. The van der Waals surface area contributed by atoms with Gasteiger partial charge in [-0.1, -0.05) is 6.07 Å². The summed E-state index contributed by atoms with van der Waals surface area (Å²) in [5.41, 5.74) is 6.23. The van der Waals surface area contributed by atoms with Crippen molar-refractivity contribution in [1.82, 2.24) is 4.90 Å². The Hall–Kier alpha value is -1.78. The van der Waals surface area contributed by atoms with Crippen molar-refractivity contribution in [3.05, 3.63) is 29.6 Å². The van der Waals surface area contributed by atoms with E-state index < -0.39 is 5.60 Å². The Morgan fingerprint density at radius 3 is 2.68 bits per heavy atom. The summed E-state index contributed by atoms with van der Waals surface area (Å²) in [5, 5.41) is 0. The Morgan fingerprint density at radius 1 is 1.32 bits per heavy atom. The fourth-order valence-electron chi connectivity index (χ4n) is 2.79. The topological polar surface area (TPSA) is 55.6 Å². The minimum atomic E-state index is -0.494. The number of benzene rings is 1. The van der Waals surface area contributed by atoms with E-state index >= 15 is 0 Å². The molecule has 1 heterocycles. The summed E-state index contributed by atoms with van der Waals surface area (Å²) < 4.78 is 19.5. The van der Waals surface area contributed by atoms with Gasteiger partial charge in [-0.05, 0) is 63.6 Å². The number of rotatable bonds is 1. The Bertz CT molecular complexity index is 540. The number of carbonyl (C=O) groups excluding carboxylic acids is 1. The van der Waals surface area contributed by atoms with Gasteiger partial charge in [-0.15, -0.1) is 0 Å². The fraction of sp³-hybridized carbons (Fsp3) is 0.588. The summed E-state index contributed by atoms with van der Waals surface area (Å²) in [6.07, 6.45) is 2.15. The predicted molar refractivity (Wildman–Crippen MR) is 85.2 cm³/mol. The van der Waals surface area contributed by atoms with Crippen LogP contribution in [-0.4, -0.2) is 29.7 Å². The number of carbonyl (C=O) groups is 1. The van der Waals surface area contributed by atoms with Crippen LogP contribution in [0.15, 0.2) is 18.2 Å². The summed E-state index contributed by atoms with van der Waals surface area (Å²) in [4.78, 5) is 13.9. The maximum absolute atomic E-state index is 14.1. The Balaban J connectivity index is 2.02. The van der Waals surface area contributed by atoms with E-state index in [1.165, 1.54) is 6.07 Å². The third-order valence-corrected chi connectivity index (χ3v) is 3.84. The van der Waals surface area contributed by atoms with Gasteiger partial charge in [0, 0.05) is 18.8 Å². The van der Waals surface area contributed by atoms with Crippen molar-refractivity contribution in [2.24, 2.45) is 0 Å². The molecule has 1 amide bonds. The number of nitrogens with zero attached hydrogens (tertiary/aromatic N) is 1. The van der Waals surface area contributed by atoms with Crippen molar-refractivity contribution in [2.75, 3.05) is 18.8 Å². The molecule has 1 aliphatic rings. The zero-order chi connectivity index (χ0) is 16.3. The highest BCUT2D eigenvalue weighted by Crippen LogP contribution is 2.31. The molecule has 1 aromatic carbocycles.